The van der Waals surface area contributed by atoms with Gasteiger partial charge in [0.15, 0.2) is 5.75 Å². The van der Waals surface area contributed by atoms with Gasteiger partial charge in [-0.1, -0.05) is 24.6 Å². The van der Waals surface area contributed by atoms with E-state index < -0.39 is 29.1 Å². The Bertz CT molecular complexity index is 1470. The van der Waals surface area contributed by atoms with Crippen molar-refractivity contribution in [1.29, 1.82) is 0 Å². The molecule has 1 aromatic heterocycles. The van der Waals surface area contributed by atoms with Crippen LogP contribution in [0.3, 0.4) is 0 Å². The third-order valence-electron chi connectivity index (χ3n) is 6.72. The number of aliphatic carboxylic acids is 1. The van der Waals surface area contributed by atoms with E-state index in [2.05, 4.69) is 5.32 Å². The first-order valence-corrected chi connectivity index (χ1v) is 11.6. The third kappa shape index (κ3) is 3.42. The lowest BCUT2D eigenvalue weighted by Crippen LogP contribution is -2.55. The molecule has 9 nitrogen and oxygen atoms in total. The van der Waals surface area contributed by atoms with Gasteiger partial charge >= 0.3 is 5.97 Å². The fourth-order valence-corrected chi connectivity index (χ4v) is 5.27. The summed E-state index contributed by atoms with van der Waals surface area (Å²) in [6.07, 6.45) is 3.43. The number of aromatic nitrogens is 1. The molecular weight excluding hydrogens is 488 g/mol. The summed E-state index contributed by atoms with van der Waals surface area (Å²) in [7, 11) is 2.85. The molecule has 2 N–H and O–H groups in total. The van der Waals surface area contributed by atoms with E-state index in [0.29, 0.717) is 12.1 Å². The topological polar surface area (TPSA) is 116 Å². The van der Waals surface area contributed by atoms with Gasteiger partial charge in [0.25, 0.3) is 0 Å². The maximum atomic E-state index is 13.6. The fraction of sp³-hybridized carbons (Fsp3) is 0.269. The number of carboxylic acids is 1. The normalized spacial score (nSPS) is 20.8. The predicted molar refractivity (Wildman–Crippen MR) is 132 cm³/mol. The minimum Gasteiger partial charge on any atom is -0.496 e. The number of benzene rings is 2. The molecule has 10 heteroatoms. The van der Waals surface area contributed by atoms with Crippen LogP contribution >= 0.6 is 11.6 Å². The first kappa shape index (κ1) is 23.7. The molecule has 0 saturated carbocycles. The number of ketones is 2. The van der Waals surface area contributed by atoms with Gasteiger partial charge in [-0.2, -0.15) is 0 Å². The van der Waals surface area contributed by atoms with E-state index in [1.54, 1.807) is 23.8 Å². The molecular formula is C26H23ClN2O7. The third-order valence-corrected chi connectivity index (χ3v) is 7.08. The summed E-state index contributed by atoms with van der Waals surface area (Å²) < 4.78 is 18.4. The zero-order valence-corrected chi connectivity index (χ0v) is 20.5. The van der Waals surface area contributed by atoms with Crippen LogP contribution in [0.4, 0.5) is 5.69 Å². The number of hydrogen-bond donors (Lipinski definition) is 2. The molecule has 0 bridgehead atoms. The van der Waals surface area contributed by atoms with Crippen LogP contribution in [-0.4, -0.2) is 47.0 Å². The van der Waals surface area contributed by atoms with Crippen LogP contribution in [0, 0.1) is 5.92 Å². The van der Waals surface area contributed by atoms with Crippen molar-refractivity contribution in [2.45, 2.75) is 25.5 Å². The summed E-state index contributed by atoms with van der Waals surface area (Å²) >= 11 is 6.44. The highest BCUT2D eigenvalue weighted by molar-refractivity contribution is 6.36. The molecule has 2 atom stereocenters. The number of anilines is 1. The standard InChI is InChI=1S/C26H23ClN2O7/c1-13-9-14(28-16-5-4-6-17-15(16)7-8-29(17)12-21(31)32)10-20(30)26(13)25(33)22-18(34-2)11-19(35-3)23(27)24(22)36-26/h4-8,10-11,13,28H,9,12H2,1-3H3,(H,31,32)/t13-,26+/m1/s1. The van der Waals surface area contributed by atoms with E-state index in [1.807, 2.05) is 18.2 Å². The number of ether oxygens (including phenoxy) is 3. The molecule has 5 rings (SSSR count). The van der Waals surface area contributed by atoms with Crippen molar-refractivity contribution in [3.63, 3.8) is 0 Å². The van der Waals surface area contributed by atoms with Gasteiger partial charge < -0.3 is 29.2 Å². The number of allylic oxidation sites excluding steroid dienone is 1. The predicted octanol–water partition coefficient (Wildman–Crippen LogP) is 4.32. The maximum absolute atomic E-state index is 13.6. The Morgan fingerprint density at radius 3 is 2.67 bits per heavy atom. The quantitative estimate of drug-likeness (QED) is 0.471. The number of nitrogens with zero attached hydrogens (tertiary/aromatic N) is 1. The molecule has 2 aliphatic rings. The van der Waals surface area contributed by atoms with Crippen molar-refractivity contribution in [2.24, 2.45) is 5.92 Å². The maximum Gasteiger partial charge on any atom is 0.323 e. The van der Waals surface area contributed by atoms with Gasteiger partial charge in [0.1, 0.15) is 28.6 Å². The van der Waals surface area contributed by atoms with Crippen LogP contribution in [0.15, 0.2) is 48.3 Å². The molecule has 0 saturated heterocycles. The van der Waals surface area contributed by atoms with E-state index in [4.69, 9.17) is 30.9 Å². The lowest BCUT2D eigenvalue weighted by atomic mass is 9.74. The SMILES string of the molecule is COc1cc(OC)c2c(c1Cl)O[C@@]1(C(=O)C=C(Nc3cccc4c3ccn4CC(=O)O)C[C@H]1C)C2=O. The first-order chi connectivity index (χ1) is 17.2. The zero-order chi connectivity index (χ0) is 25.8. The van der Waals surface area contributed by atoms with E-state index in [1.165, 1.54) is 26.4 Å². The lowest BCUT2D eigenvalue weighted by molar-refractivity contribution is -0.137. The molecule has 0 radical (unpaired) electrons. The second-order valence-corrected chi connectivity index (χ2v) is 9.18. The average molecular weight is 511 g/mol. The number of halogens is 1. The van der Waals surface area contributed by atoms with Gasteiger partial charge in [0.2, 0.25) is 17.2 Å². The highest BCUT2D eigenvalue weighted by Gasteiger charge is 2.60. The van der Waals surface area contributed by atoms with Crippen LogP contribution < -0.4 is 19.5 Å². The van der Waals surface area contributed by atoms with Crippen molar-refractivity contribution in [2.75, 3.05) is 19.5 Å². The average Bonchev–Trinajstić information content (AvgIpc) is 3.39. The monoisotopic (exact) mass is 510 g/mol. The summed E-state index contributed by atoms with van der Waals surface area (Å²) in [5, 5.41) is 13.4. The van der Waals surface area contributed by atoms with Crippen LogP contribution in [0.25, 0.3) is 10.9 Å². The zero-order valence-electron chi connectivity index (χ0n) is 19.8. The number of Topliss-reactive ketones (excluding diaryl/α,β-unsaturated/α-hetero) is 1. The largest absolute Gasteiger partial charge is 0.496 e. The number of rotatable bonds is 6. The van der Waals surface area contributed by atoms with Crippen molar-refractivity contribution >= 4 is 45.7 Å². The summed E-state index contributed by atoms with van der Waals surface area (Å²) in [4.78, 5) is 38.3. The molecule has 0 amide bonds. The van der Waals surface area contributed by atoms with Gasteiger partial charge in [-0.15, -0.1) is 0 Å². The Hall–Kier alpha value is -3.98. The van der Waals surface area contributed by atoms with Gasteiger partial charge in [0, 0.05) is 41.0 Å². The van der Waals surface area contributed by atoms with Crippen LogP contribution in [0.2, 0.25) is 5.02 Å². The second-order valence-electron chi connectivity index (χ2n) is 8.81. The molecule has 1 aliphatic carbocycles. The van der Waals surface area contributed by atoms with Gasteiger partial charge in [0.05, 0.1) is 19.7 Å². The summed E-state index contributed by atoms with van der Waals surface area (Å²) in [6, 6.07) is 8.80. The van der Waals surface area contributed by atoms with Crippen molar-refractivity contribution in [1.82, 2.24) is 4.57 Å². The molecule has 0 unspecified atom stereocenters. The Kier molecular flexibility index (Phi) is 5.67. The molecule has 186 valence electrons. The smallest absolute Gasteiger partial charge is 0.323 e. The molecule has 1 spiro atoms. The van der Waals surface area contributed by atoms with Crippen molar-refractivity contribution in [3.8, 4) is 17.2 Å². The molecule has 3 aromatic rings. The minimum atomic E-state index is -1.76. The Morgan fingerprint density at radius 1 is 1.25 bits per heavy atom. The van der Waals surface area contributed by atoms with Crippen LogP contribution in [-0.2, 0) is 16.1 Å². The minimum absolute atomic E-state index is 0.0763. The molecule has 2 heterocycles. The Morgan fingerprint density at radius 2 is 2.00 bits per heavy atom. The second kappa shape index (κ2) is 8.60. The number of methoxy groups -OCH3 is 2. The highest BCUT2D eigenvalue weighted by Crippen LogP contribution is 2.53. The highest BCUT2D eigenvalue weighted by atomic mass is 35.5. The van der Waals surface area contributed by atoms with E-state index in [0.717, 1.165) is 16.6 Å². The van der Waals surface area contributed by atoms with E-state index in [9.17, 15) is 14.4 Å². The number of carbonyl (C=O) groups excluding carboxylic acids is 2. The molecule has 0 fully saturated rings. The van der Waals surface area contributed by atoms with Gasteiger partial charge in [-0.05, 0) is 24.6 Å². The number of hydrogen-bond acceptors (Lipinski definition) is 7. The summed E-state index contributed by atoms with van der Waals surface area (Å²) in [5.74, 6) is -1.90. The van der Waals surface area contributed by atoms with Crippen molar-refractivity contribution in [3.05, 3.63) is 58.9 Å². The molecule has 1 aliphatic heterocycles. The molecule has 2 aromatic carbocycles. The summed E-state index contributed by atoms with van der Waals surface area (Å²) in [6.45, 7) is 1.61. The van der Waals surface area contributed by atoms with Crippen LogP contribution in [0.1, 0.15) is 23.7 Å². The number of fused-ring (bicyclic) bond motifs is 2. The first-order valence-electron chi connectivity index (χ1n) is 11.2. The van der Waals surface area contributed by atoms with Crippen molar-refractivity contribution < 1.29 is 33.7 Å². The number of carboxylic acid groups (broad SMARTS) is 1. The summed E-state index contributed by atoms with van der Waals surface area (Å²) in [5.41, 5.74) is 0.441. The lowest BCUT2D eigenvalue weighted by Gasteiger charge is -2.35. The Labute approximate surface area is 211 Å². The molecule has 36 heavy (non-hydrogen) atoms. The van der Waals surface area contributed by atoms with Gasteiger partial charge in [-0.3, -0.25) is 14.4 Å². The van der Waals surface area contributed by atoms with Crippen LogP contribution in [0.5, 0.6) is 17.2 Å². The van der Waals surface area contributed by atoms with E-state index in [-0.39, 0.29) is 34.4 Å². The van der Waals surface area contributed by atoms with E-state index >= 15 is 0 Å². The number of carbonyl (C=O) groups is 3. The number of nitrogens with one attached hydrogen (secondary N) is 1. The van der Waals surface area contributed by atoms with Gasteiger partial charge in [-0.25, -0.2) is 0 Å². The Balaban J connectivity index is 1.49. The fourth-order valence-electron chi connectivity index (χ4n) is 5.01.